The summed E-state index contributed by atoms with van der Waals surface area (Å²) < 4.78 is 13.3. The topological polar surface area (TPSA) is 40.5 Å². The predicted molar refractivity (Wildman–Crippen MR) is 74.5 cm³/mol. The van der Waals surface area contributed by atoms with Crippen molar-refractivity contribution in [3.05, 3.63) is 59.4 Å². The van der Waals surface area contributed by atoms with Gasteiger partial charge < -0.3 is 10.0 Å². The number of para-hydroxylation sites is 1. The van der Waals surface area contributed by atoms with Crippen molar-refractivity contribution >= 4 is 11.6 Å². The fourth-order valence-electron chi connectivity index (χ4n) is 2.57. The van der Waals surface area contributed by atoms with Crippen LogP contribution in [-0.4, -0.2) is 17.6 Å². The summed E-state index contributed by atoms with van der Waals surface area (Å²) >= 11 is 0. The predicted octanol–water partition coefficient (Wildman–Crippen LogP) is 3.12. The molecule has 20 heavy (non-hydrogen) atoms. The Morgan fingerprint density at radius 1 is 1.20 bits per heavy atom. The molecule has 1 N–H and O–H groups in total. The molecular weight excluding hydrogens is 257 g/mol. The van der Waals surface area contributed by atoms with Gasteiger partial charge in [0, 0.05) is 12.2 Å². The molecule has 0 aromatic heterocycles. The van der Waals surface area contributed by atoms with Crippen molar-refractivity contribution in [2.24, 2.45) is 0 Å². The maximum Gasteiger partial charge on any atom is 0.262 e. The summed E-state index contributed by atoms with van der Waals surface area (Å²) in [6, 6.07) is 11.1. The van der Waals surface area contributed by atoms with E-state index in [9.17, 15) is 14.3 Å². The van der Waals surface area contributed by atoms with E-state index in [1.807, 2.05) is 24.3 Å². The summed E-state index contributed by atoms with van der Waals surface area (Å²) in [5.74, 6) is -1.09. The first-order valence-electron chi connectivity index (χ1n) is 6.55. The summed E-state index contributed by atoms with van der Waals surface area (Å²) in [6.45, 7) is 0.575. The lowest BCUT2D eigenvalue weighted by molar-refractivity contribution is 0.0982. The van der Waals surface area contributed by atoms with Gasteiger partial charge >= 0.3 is 0 Å². The van der Waals surface area contributed by atoms with Crippen LogP contribution >= 0.6 is 0 Å². The van der Waals surface area contributed by atoms with Gasteiger partial charge in [-0.15, -0.1) is 0 Å². The standard InChI is InChI=1S/C16H14FNO2/c17-12-7-8-15(19)13(10-12)16(20)18-9-3-5-11-4-1-2-6-14(11)18/h1-2,4,6-8,10,19H,3,5,9H2. The molecule has 1 aliphatic rings. The van der Waals surface area contributed by atoms with Crippen molar-refractivity contribution in [3.63, 3.8) is 0 Å². The first-order valence-corrected chi connectivity index (χ1v) is 6.55. The third-order valence-corrected chi connectivity index (χ3v) is 3.54. The van der Waals surface area contributed by atoms with Crippen LogP contribution in [0.25, 0.3) is 0 Å². The number of phenols is 1. The molecule has 0 atom stereocenters. The van der Waals surface area contributed by atoms with Crippen LogP contribution in [0.4, 0.5) is 10.1 Å². The Hall–Kier alpha value is -2.36. The summed E-state index contributed by atoms with van der Waals surface area (Å²) in [6.07, 6.45) is 1.79. The summed E-state index contributed by atoms with van der Waals surface area (Å²) in [5, 5.41) is 9.77. The lowest BCUT2D eigenvalue weighted by Gasteiger charge is -2.29. The van der Waals surface area contributed by atoms with Gasteiger partial charge in [0.25, 0.3) is 5.91 Å². The maximum absolute atomic E-state index is 13.3. The molecule has 1 aliphatic heterocycles. The van der Waals surface area contributed by atoms with Crippen LogP contribution in [0, 0.1) is 5.82 Å². The SMILES string of the molecule is O=C(c1cc(F)ccc1O)N1CCCc2ccccc21. The number of rotatable bonds is 1. The van der Waals surface area contributed by atoms with E-state index in [1.54, 1.807) is 4.90 Å². The van der Waals surface area contributed by atoms with Crippen LogP contribution in [0.1, 0.15) is 22.3 Å². The van der Waals surface area contributed by atoms with Crippen molar-refractivity contribution in [1.82, 2.24) is 0 Å². The van der Waals surface area contributed by atoms with Gasteiger partial charge in [0.15, 0.2) is 0 Å². The highest BCUT2D eigenvalue weighted by molar-refractivity contribution is 6.08. The van der Waals surface area contributed by atoms with E-state index in [0.29, 0.717) is 6.54 Å². The Morgan fingerprint density at radius 3 is 2.85 bits per heavy atom. The van der Waals surface area contributed by atoms with Crippen LogP contribution in [-0.2, 0) is 6.42 Å². The number of hydrogen-bond acceptors (Lipinski definition) is 2. The minimum atomic E-state index is -0.531. The molecule has 0 unspecified atom stereocenters. The number of phenolic OH excluding ortho intramolecular Hbond substituents is 1. The average Bonchev–Trinajstić information content (AvgIpc) is 2.48. The first kappa shape index (κ1) is 12.7. The minimum Gasteiger partial charge on any atom is -0.507 e. The zero-order valence-electron chi connectivity index (χ0n) is 10.8. The third kappa shape index (κ3) is 2.13. The van der Waals surface area contributed by atoms with E-state index in [2.05, 4.69) is 0 Å². The van der Waals surface area contributed by atoms with Gasteiger partial charge in [-0.25, -0.2) is 4.39 Å². The maximum atomic E-state index is 13.3. The zero-order valence-corrected chi connectivity index (χ0v) is 10.8. The number of anilines is 1. The lowest BCUT2D eigenvalue weighted by atomic mass is 10.0. The zero-order chi connectivity index (χ0) is 14.1. The molecule has 0 radical (unpaired) electrons. The van der Waals surface area contributed by atoms with Crippen molar-refractivity contribution < 1.29 is 14.3 Å². The highest BCUT2D eigenvalue weighted by Crippen LogP contribution is 2.30. The van der Waals surface area contributed by atoms with Crippen molar-refractivity contribution in [1.29, 1.82) is 0 Å². The van der Waals surface area contributed by atoms with Crippen LogP contribution in [0.3, 0.4) is 0 Å². The van der Waals surface area contributed by atoms with Crippen molar-refractivity contribution in [2.45, 2.75) is 12.8 Å². The second-order valence-electron chi connectivity index (χ2n) is 4.85. The first-order chi connectivity index (χ1) is 9.66. The van der Waals surface area contributed by atoms with E-state index >= 15 is 0 Å². The number of benzene rings is 2. The van der Waals surface area contributed by atoms with Gasteiger partial charge in [-0.05, 0) is 42.7 Å². The van der Waals surface area contributed by atoms with E-state index in [-0.39, 0.29) is 17.2 Å². The van der Waals surface area contributed by atoms with Gasteiger partial charge in [0.05, 0.1) is 5.56 Å². The molecule has 3 nitrogen and oxygen atoms in total. The Morgan fingerprint density at radius 2 is 2.00 bits per heavy atom. The van der Waals surface area contributed by atoms with Crippen molar-refractivity contribution in [2.75, 3.05) is 11.4 Å². The number of carbonyl (C=O) groups is 1. The van der Waals surface area contributed by atoms with E-state index in [0.717, 1.165) is 36.2 Å². The second-order valence-corrected chi connectivity index (χ2v) is 4.85. The lowest BCUT2D eigenvalue weighted by Crippen LogP contribution is -2.35. The van der Waals surface area contributed by atoms with E-state index < -0.39 is 5.82 Å². The third-order valence-electron chi connectivity index (χ3n) is 3.54. The number of amides is 1. The largest absolute Gasteiger partial charge is 0.507 e. The molecule has 0 aliphatic carbocycles. The number of nitrogens with zero attached hydrogens (tertiary/aromatic N) is 1. The molecule has 4 heteroatoms. The van der Waals surface area contributed by atoms with Crippen LogP contribution in [0.2, 0.25) is 0 Å². The Bertz CT molecular complexity index is 669. The number of carbonyl (C=O) groups excluding carboxylic acids is 1. The normalized spacial score (nSPS) is 13.9. The summed E-state index contributed by atoms with van der Waals surface area (Å²) in [7, 11) is 0. The highest BCUT2D eigenvalue weighted by Gasteiger charge is 2.25. The summed E-state index contributed by atoms with van der Waals surface area (Å²) in [4.78, 5) is 14.1. The number of aryl methyl sites for hydroxylation is 1. The number of halogens is 1. The Kier molecular flexibility index (Phi) is 3.14. The quantitative estimate of drug-likeness (QED) is 0.865. The fraction of sp³-hybridized carbons (Fsp3) is 0.188. The average molecular weight is 271 g/mol. The van der Waals surface area contributed by atoms with Gasteiger partial charge in [-0.1, -0.05) is 18.2 Å². The molecular formula is C16H14FNO2. The molecule has 0 fully saturated rings. The monoisotopic (exact) mass is 271 g/mol. The van der Waals surface area contributed by atoms with Crippen molar-refractivity contribution in [3.8, 4) is 5.75 Å². The van der Waals surface area contributed by atoms with Gasteiger partial charge in [0.2, 0.25) is 0 Å². The molecule has 1 heterocycles. The Labute approximate surface area is 116 Å². The van der Waals surface area contributed by atoms with Crippen LogP contribution < -0.4 is 4.90 Å². The van der Waals surface area contributed by atoms with Crippen LogP contribution in [0.15, 0.2) is 42.5 Å². The van der Waals surface area contributed by atoms with Gasteiger partial charge in [0.1, 0.15) is 11.6 Å². The molecule has 102 valence electrons. The molecule has 3 rings (SSSR count). The highest BCUT2D eigenvalue weighted by atomic mass is 19.1. The second kappa shape index (κ2) is 4.96. The molecule has 0 spiro atoms. The molecule has 0 bridgehead atoms. The van der Waals surface area contributed by atoms with E-state index in [1.165, 1.54) is 6.07 Å². The minimum absolute atomic E-state index is 0.00158. The Balaban J connectivity index is 2.02. The van der Waals surface area contributed by atoms with Crippen LogP contribution in [0.5, 0.6) is 5.75 Å². The fourth-order valence-corrected chi connectivity index (χ4v) is 2.57. The molecule has 0 saturated carbocycles. The molecule has 2 aromatic rings. The molecule has 0 saturated heterocycles. The summed E-state index contributed by atoms with van der Waals surface area (Å²) in [5.41, 5.74) is 1.94. The van der Waals surface area contributed by atoms with Gasteiger partial charge in [-0.2, -0.15) is 0 Å². The molecule has 1 amide bonds. The van der Waals surface area contributed by atoms with E-state index in [4.69, 9.17) is 0 Å². The number of hydrogen-bond donors (Lipinski definition) is 1. The number of aromatic hydroxyl groups is 1. The molecule has 2 aromatic carbocycles. The van der Waals surface area contributed by atoms with Gasteiger partial charge in [-0.3, -0.25) is 4.79 Å². The number of fused-ring (bicyclic) bond motifs is 1. The smallest absolute Gasteiger partial charge is 0.262 e.